The monoisotopic (exact) mass is 335 g/mol. The molecule has 0 aliphatic heterocycles. The highest BCUT2D eigenvalue weighted by atomic mass is 16.5. The number of hydrogen-bond donors (Lipinski definition) is 0. The van der Waals surface area contributed by atoms with E-state index in [1.54, 1.807) is 18.3 Å². The topological polar surface area (TPSA) is 12.5 Å². The highest BCUT2D eigenvalue weighted by Gasteiger charge is 2.24. The summed E-state index contributed by atoms with van der Waals surface area (Å²) in [4.78, 5) is 2.36. The molecule has 3 rings (SSSR count). The Morgan fingerprint density at radius 2 is 1.72 bits per heavy atom. The number of rotatable bonds is 6. The van der Waals surface area contributed by atoms with E-state index in [2.05, 4.69) is 67.5 Å². The SMILES string of the molecule is COc1cccc(CC2=C(C(c3ccccc3)N(C)C)CCCC2)c1. The van der Waals surface area contributed by atoms with E-state index in [4.69, 9.17) is 4.74 Å². The van der Waals surface area contributed by atoms with Gasteiger partial charge in [0.15, 0.2) is 0 Å². The molecule has 0 N–H and O–H groups in total. The maximum Gasteiger partial charge on any atom is 0.119 e. The Morgan fingerprint density at radius 3 is 2.44 bits per heavy atom. The molecule has 0 saturated heterocycles. The van der Waals surface area contributed by atoms with Gasteiger partial charge in [-0.25, -0.2) is 0 Å². The van der Waals surface area contributed by atoms with Crippen molar-refractivity contribution in [3.8, 4) is 5.75 Å². The zero-order valence-corrected chi connectivity index (χ0v) is 15.7. The number of benzene rings is 2. The molecular formula is C23H29NO. The van der Waals surface area contributed by atoms with Gasteiger partial charge in [-0.3, -0.25) is 4.90 Å². The van der Waals surface area contributed by atoms with Crippen LogP contribution in [0.4, 0.5) is 0 Å². The molecule has 2 aromatic rings. The van der Waals surface area contributed by atoms with Crippen LogP contribution in [0.2, 0.25) is 0 Å². The van der Waals surface area contributed by atoms with E-state index >= 15 is 0 Å². The van der Waals surface area contributed by atoms with E-state index in [1.165, 1.54) is 36.8 Å². The van der Waals surface area contributed by atoms with E-state index in [0.717, 1.165) is 12.2 Å². The van der Waals surface area contributed by atoms with E-state index < -0.39 is 0 Å². The fraction of sp³-hybridized carbons (Fsp3) is 0.391. The molecule has 2 nitrogen and oxygen atoms in total. The van der Waals surface area contributed by atoms with Crippen molar-refractivity contribution in [2.24, 2.45) is 0 Å². The highest BCUT2D eigenvalue weighted by molar-refractivity contribution is 5.37. The first-order chi connectivity index (χ1) is 12.2. The van der Waals surface area contributed by atoms with Gasteiger partial charge in [-0.1, -0.05) is 48.0 Å². The van der Waals surface area contributed by atoms with E-state index in [-0.39, 0.29) is 0 Å². The maximum absolute atomic E-state index is 5.40. The zero-order valence-electron chi connectivity index (χ0n) is 15.7. The second-order valence-electron chi connectivity index (χ2n) is 7.14. The second-order valence-corrected chi connectivity index (χ2v) is 7.14. The normalized spacial score (nSPS) is 16.2. The third kappa shape index (κ3) is 4.32. The molecule has 2 heteroatoms. The van der Waals surface area contributed by atoms with E-state index in [9.17, 15) is 0 Å². The molecule has 0 bridgehead atoms. The predicted molar refractivity (Wildman–Crippen MR) is 105 cm³/mol. The van der Waals surface area contributed by atoms with Gasteiger partial charge < -0.3 is 4.74 Å². The lowest BCUT2D eigenvalue weighted by Crippen LogP contribution is -2.24. The third-order valence-electron chi connectivity index (χ3n) is 5.14. The number of likely N-dealkylation sites (N-methyl/N-ethyl adjacent to an activating group) is 1. The predicted octanol–water partition coefficient (Wildman–Crippen LogP) is 5.41. The summed E-state index contributed by atoms with van der Waals surface area (Å²) in [5.41, 5.74) is 5.97. The molecule has 25 heavy (non-hydrogen) atoms. The Morgan fingerprint density at radius 1 is 0.960 bits per heavy atom. The van der Waals surface area contributed by atoms with Crippen molar-refractivity contribution in [3.63, 3.8) is 0 Å². The molecule has 0 amide bonds. The fourth-order valence-electron chi connectivity index (χ4n) is 4.00. The smallest absolute Gasteiger partial charge is 0.119 e. The van der Waals surface area contributed by atoms with Crippen molar-refractivity contribution >= 4 is 0 Å². The van der Waals surface area contributed by atoms with Crippen molar-refractivity contribution in [1.82, 2.24) is 4.90 Å². The molecule has 0 radical (unpaired) electrons. The summed E-state index contributed by atoms with van der Waals surface area (Å²) in [6, 6.07) is 19.8. The number of methoxy groups -OCH3 is 1. The molecule has 2 aromatic carbocycles. The molecule has 1 unspecified atom stereocenters. The quantitative estimate of drug-likeness (QED) is 0.654. The molecule has 132 valence electrons. The van der Waals surface area contributed by atoms with Crippen LogP contribution in [0.25, 0.3) is 0 Å². The van der Waals surface area contributed by atoms with Crippen LogP contribution in [-0.4, -0.2) is 26.1 Å². The van der Waals surface area contributed by atoms with Gasteiger partial charge in [-0.05, 0) is 75.0 Å². The second kappa shape index (κ2) is 8.35. The summed E-state index contributed by atoms with van der Waals surface area (Å²) in [5.74, 6) is 0.947. The van der Waals surface area contributed by atoms with Gasteiger partial charge in [0, 0.05) is 0 Å². The van der Waals surface area contributed by atoms with Crippen LogP contribution >= 0.6 is 0 Å². The van der Waals surface area contributed by atoms with Crippen molar-refractivity contribution in [2.45, 2.75) is 38.1 Å². The van der Waals surface area contributed by atoms with Crippen molar-refractivity contribution < 1.29 is 4.74 Å². The molecule has 1 aliphatic rings. The Balaban J connectivity index is 1.96. The van der Waals surface area contributed by atoms with Gasteiger partial charge >= 0.3 is 0 Å². The van der Waals surface area contributed by atoms with Gasteiger partial charge in [-0.2, -0.15) is 0 Å². The van der Waals surface area contributed by atoms with Gasteiger partial charge in [0.25, 0.3) is 0 Å². The van der Waals surface area contributed by atoms with Crippen LogP contribution in [0, 0.1) is 0 Å². The Hall–Kier alpha value is -2.06. The van der Waals surface area contributed by atoms with Crippen LogP contribution in [-0.2, 0) is 6.42 Å². The zero-order chi connectivity index (χ0) is 17.6. The molecular weight excluding hydrogens is 306 g/mol. The van der Waals surface area contributed by atoms with Crippen molar-refractivity contribution in [2.75, 3.05) is 21.2 Å². The lowest BCUT2D eigenvalue weighted by atomic mass is 9.82. The average Bonchev–Trinajstić information content (AvgIpc) is 2.64. The van der Waals surface area contributed by atoms with E-state index in [1.807, 2.05) is 6.07 Å². The lowest BCUT2D eigenvalue weighted by Gasteiger charge is -2.32. The summed E-state index contributed by atoms with van der Waals surface area (Å²) in [5, 5.41) is 0. The molecule has 0 saturated carbocycles. The van der Waals surface area contributed by atoms with Crippen LogP contribution in [0.5, 0.6) is 5.75 Å². The number of ether oxygens (including phenoxy) is 1. The van der Waals surface area contributed by atoms with Crippen LogP contribution in [0.1, 0.15) is 42.9 Å². The van der Waals surface area contributed by atoms with Crippen LogP contribution in [0.3, 0.4) is 0 Å². The highest BCUT2D eigenvalue weighted by Crippen LogP contribution is 2.38. The molecule has 1 aliphatic carbocycles. The van der Waals surface area contributed by atoms with Gasteiger partial charge in [0.1, 0.15) is 5.75 Å². The molecule has 0 fully saturated rings. The summed E-state index contributed by atoms with van der Waals surface area (Å²) in [6.07, 6.45) is 6.05. The van der Waals surface area contributed by atoms with Crippen LogP contribution in [0.15, 0.2) is 65.7 Å². The van der Waals surface area contributed by atoms with Gasteiger partial charge in [0.2, 0.25) is 0 Å². The fourth-order valence-corrected chi connectivity index (χ4v) is 4.00. The Kier molecular flexibility index (Phi) is 5.93. The number of hydrogen-bond acceptors (Lipinski definition) is 2. The molecule has 0 aromatic heterocycles. The first-order valence-electron chi connectivity index (χ1n) is 9.24. The average molecular weight is 335 g/mol. The number of nitrogens with zero attached hydrogens (tertiary/aromatic N) is 1. The molecule has 0 heterocycles. The third-order valence-corrected chi connectivity index (χ3v) is 5.14. The minimum atomic E-state index is 0.377. The standard InChI is InChI=1S/C23H29NO/c1-24(2)23(19-11-5-4-6-12-19)22-15-8-7-13-20(22)16-18-10-9-14-21(17-18)25-3/h4-6,9-12,14,17,23H,7-8,13,15-16H2,1-3H3. The lowest BCUT2D eigenvalue weighted by molar-refractivity contribution is 0.323. The summed E-state index contributed by atoms with van der Waals surface area (Å²) >= 11 is 0. The maximum atomic E-state index is 5.40. The number of allylic oxidation sites excluding steroid dienone is 1. The first kappa shape index (κ1) is 17.8. The van der Waals surface area contributed by atoms with Gasteiger partial charge in [-0.15, -0.1) is 0 Å². The van der Waals surface area contributed by atoms with Gasteiger partial charge in [0.05, 0.1) is 13.2 Å². The first-order valence-corrected chi connectivity index (χ1v) is 9.24. The Labute approximate surface area is 152 Å². The van der Waals surface area contributed by atoms with Crippen molar-refractivity contribution in [3.05, 3.63) is 76.9 Å². The molecule has 1 atom stereocenters. The molecule has 0 spiro atoms. The van der Waals surface area contributed by atoms with Crippen LogP contribution < -0.4 is 4.74 Å². The van der Waals surface area contributed by atoms with Crippen molar-refractivity contribution in [1.29, 1.82) is 0 Å². The summed E-state index contributed by atoms with van der Waals surface area (Å²) in [7, 11) is 6.13. The largest absolute Gasteiger partial charge is 0.497 e. The summed E-state index contributed by atoms with van der Waals surface area (Å²) < 4.78 is 5.40. The summed E-state index contributed by atoms with van der Waals surface area (Å²) in [6.45, 7) is 0. The minimum absolute atomic E-state index is 0.377. The minimum Gasteiger partial charge on any atom is -0.497 e. The Bertz CT molecular complexity index is 718. The van der Waals surface area contributed by atoms with E-state index in [0.29, 0.717) is 6.04 Å².